The highest BCUT2D eigenvalue weighted by Crippen LogP contribution is 2.28. The molecule has 5 atom stereocenters. The van der Waals surface area contributed by atoms with Crippen molar-refractivity contribution in [3.05, 3.63) is 11.6 Å². The average Bonchev–Trinajstić information content (AvgIpc) is 2.61. The molecule has 1 amide bonds. The van der Waals surface area contributed by atoms with Crippen LogP contribution < -0.4 is 5.32 Å². The molecular formula is C11H15NO5S. The molecule has 2 aliphatic heterocycles. The molecule has 0 aromatic rings. The molecule has 2 aliphatic rings. The van der Waals surface area contributed by atoms with Crippen molar-refractivity contribution in [3.63, 3.8) is 0 Å². The van der Waals surface area contributed by atoms with E-state index in [-0.39, 0.29) is 11.5 Å². The van der Waals surface area contributed by atoms with Crippen LogP contribution in [-0.4, -0.2) is 57.2 Å². The van der Waals surface area contributed by atoms with Gasteiger partial charge in [0.2, 0.25) is 0 Å². The first-order valence-corrected chi connectivity index (χ1v) is 6.06. The number of thiocarbonyl (C=S) groups is 1. The lowest BCUT2D eigenvalue weighted by atomic mass is 9.94. The summed E-state index contributed by atoms with van der Waals surface area (Å²) in [6.45, 7) is 1.39. The molecule has 0 aliphatic carbocycles. The summed E-state index contributed by atoms with van der Waals surface area (Å²) in [5.41, 5.74) is 0.235. The molecule has 18 heavy (non-hydrogen) atoms. The maximum Gasteiger partial charge on any atom is 0.254 e. The van der Waals surface area contributed by atoms with Gasteiger partial charge < -0.3 is 25.4 Å². The van der Waals surface area contributed by atoms with Crippen LogP contribution >= 0.6 is 12.2 Å². The molecule has 0 radical (unpaired) electrons. The Morgan fingerprint density at radius 3 is 2.67 bits per heavy atom. The number of hydrogen-bond acceptors (Lipinski definition) is 6. The van der Waals surface area contributed by atoms with E-state index in [1.165, 1.54) is 0 Å². The van der Waals surface area contributed by atoms with Gasteiger partial charge in [0.25, 0.3) is 5.91 Å². The molecule has 1 unspecified atom stereocenters. The highest BCUT2D eigenvalue weighted by molar-refractivity contribution is 7.80. The Morgan fingerprint density at radius 2 is 2.11 bits per heavy atom. The number of ether oxygens (including phenoxy) is 1. The SMILES string of the molecule is CC1C=C([C@@H]2O[C@H](CO)[C@@H](O)[C@H]2O)C(=O)NC1=S. The van der Waals surface area contributed by atoms with Crippen LogP contribution in [0.5, 0.6) is 0 Å². The zero-order valence-electron chi connectivity index (χ0n) is 9.74. The Kier molecular flexibility index (Phi) is 3.79. The van der Waals surface area contributed by atoms with Gasteiger partial charge >= 0.3 is 0 Å². The largest absolute Gasteiger partial charge is 0.394 e. The molecule has 7 heteroatoms. The summed E-state index contributed by atoms with van der Waals surface area (Å²) in [6, 6.07) is 0. The molecular weight excluding hydrogens is 258 g/mol. The molecule has 2 heterocycles. The van der Waals surface area contributed by atoms with Crippen LogP contribution in [0.3, 0.4) is 0 Å². The molecule has 1 saturated heterocycles. The second-order valence-electron chi connectivity index (χ2n) is 4.49. The summed E-state index contributed by atoms with van der Waals surface area (Å²) in [5, 5.41) is 31.0. The zero-order valence-corrected chi connectivity index (χ0v) is 10.6. The predicted molar refractivity (Wildman–Crippen MR) is 65.7 cm³/mol. The Balaban J connectivity index is 2.24. The van der Waals surface area contributed by atoms with E-state index in [1.807, 2.05) is 6.92 Å². The van der Waals surface area contributed by atoms with Crippen molar-refractivity contribution in [2.45, 2.75) is 31.3 Å². The van der Waals surface area contributed by atoms with E-state index < -0.39 is 36.9 Å². The molecule has 1 fully saturated rings. The number of carbonyl (C=O) groups excluding carboxylic acids is 1. The van der Waals surface area contributed by atoms with E-state index in [1.54, 1.807) is 6.08 Å². The van der Waals surface area contributed by atoms with E-state index in [0.29, 0.717) is 4.99 Å². The first kappa shape index (κ1) is 13.6. The lowest BCUT2D eigenvalue weighted by Gasteiger charge is -2.24. The molecule has 0 aromatic carbocycles. The predicted octanol–water partition coefficient (Wildman–Crippen LogP) is -1.51. The lowest BCUT2D eigenvalue weighted by Crippen LogP contribution is -2.44. The van der Waals surface area contributed by atoms with Gasteiger partial charge in [-0.15, -0.1) is 0 Å². The van der Waals surface area contributed by atoms with Crippen LogP contribution in [-0.2, 0) is 9.53 Å². The molecule has 0 spiro atoms. The first-order valence-electron chi connectivity index (χ1n) is 5.65. The van der Waals surface area contributed by atoms with E-state index in [9.17, 15) is 15.0 Å². The standard InChI is InChI=1S/C11H15NO5S/c1-4-2-5(10(16)12-11(4)18)9-8(15)7(14)6(3-13)17-9/h2,4,6-9,13-15H,3H2,1H3,(H,12,16,18)/t4?,6-,7-,8-,9+/m1/s1. The Hall–Kier alpha value is -0.860. The number of aliphatic hydroxyl groups excluding tert-OH is 3. The third-order valence-corrected chi connectivity index (χ3v) is 3.66. The maximum atomic E-state index is 11.8. The second-order valence-corrected chi connectivity index (χ2v) is 4.93. The van der Waals surface area contributed by atoms with Gasteiger partial charge in [-0.25, -0.2) is 0 Å². The van der Waals surface area contributed by atoms with Crippen molar-refractivity contribution >= 4 is 23.1 Å². The lowest BCUT2D eigenvalue weighted by molar-refractivity contribution is -0.118. The summed E-state index contributed by atoms with van der Waals surface area (Å²) in [5.74, 6) is -0.582. The zero-order chi connectivity index (χ0) is 13.4. The number of hydrogen-bond donors (Lipinski definition) is 4. The highest BCUT2D eigenvalue weighted by Gasteiger charge is 2.46. The van der Waals surface area contributed by atoms with E-state index in [4.69, 9.17) is 22.1 Å². The fourth-order valence-electron chi connectivity index (χ4n) is 2.10. The van der Waals surface area contributed by atoms with Crippen LogP contribution in [0.1, 0.15) is 6.92 Å². The fourth-order valence-corrected chi connectivity index (χ4v) is 2.26. The van der Waals surface area contributed by atoms with Gasteiger partial charge in [0.05, 0.1) is 11.6 Å². The minimum Gasteiger partial charge on any atom is -0.394 e. The van der Waals surface area contributed by atoms with Gasteiger partial charge in [0.15, 0.2) is 0 Å². The quantitative estimate of drug-likeness (QED) is 0.456. The van der Waals surface area contributed by atoms with Gasteiger partial charge in [0.1, 0.15) is 24.4 Å². The Morgan fingerprint density at radius 1 is 1.44 bits per heavy atom. The molecule has 6 nitrogen and oxygen atoms in total. The number of amides is 1. The Bertz CT molecular complexity index is 410. The van der Waals surface area contributed by atoms with Gasteiger partial charge in [-0.2, -0.15) is 0 Å². The summed E-state index contributed by atoms with van der Waals surface area (Å²) in [6.07, 6.45) is -2.66. The third kappa shape index (κ3) is 2.19. The van der Waals surface area contributed by atoms with Crippen molar-refractivity contribution < 1.29 is 24.9 Å². The fraction of sp³-hybridized carbons (Fsp3) is 0.636. The van der Waals surface area contributed by atoms with Crippen LogP contribution in [0, 0.1) is 5.92 Å². The minimum atomic E-state index is -1.24. The van der Waals surface area contributed by atoms with Crippen LogP contribution in [0.2, 0.25) is 0 Å². The van der Waals surface area contributed by atoms with E-state index in [0.717, 1.165) is 0 Å². The monoisotopic (exact) mass is 273 g/mol. The van der Waals surface area contributed by atoms with Crippen molar-refractivity contribution in [1.82, 2.24) is 5.32 Å². The first-order chi connectivity index (χ1) is 8.45. The number of carbonyl (C=O) groups is 1. The average molecular weight is 273 g/mol. The summed E-state index contributed by atoms with van der Waals surface area (Å²) < 4.78 is 5.31. The van der Waals surface area contributed by atoms with Crippen molar-refractivity contribution in [2.75, 3.05) is 6.61 Å². The van der Waals surface area contributed by atoms with Gasteiger partial charge in [0, 0.05) is 11.5 Å². The molecule has 2 rings (SSSR count). The number of aliphatic hydroxyl groups is 3. The molecule has 100 valence electrons. The topological polar surface area (TPSA) is 99.0 Å². The number of rotatable bonds is 2. The van der Waals surface area contributed by atoms with Crippen LogP contribution in [0.15, 0.2) is 11.6 Å². The molecule has 0 saturated carbocycles. The Labute approximate surface area is 109 Å². The smallest absolute Gasteiger partial charge is 0.254 e. The molecule has 0 aromatic heterocycles. The highest BCUT2D eigenvalue weighted by atomic mass is 32.1. The van der Waals surface area contributed by atoms with E-state index in [2.05, 4.69) is 5.32 Å². The maximum absolute atomic E-state index is 11.8. The summed E-state index contributed by atoms with van der Waals surface area (Å²) in [7, 11) is 0. The van der Waals surface area contributed by atoms with Crippen molar-refractivity contribution in [2.24, 2.45) is 5.92 Å². The van der Waals surface area contributed by atoms with Crippen molar-refractivity contribution in [3.8, 4) is 0 Å². The van der Waals surface area contributed by atoms with Gasteiger partial charge in [-0.05, 0) is 0 Å². The summed E-state index contributed by atoms with van der Waals surface area (Å²) >= 11 is 4.96. The normalized spacial score (nSPS) is 40.7. The third-order valence-electron chi connectivity index (χ3n) is 3.19. The van der Waals surface area contributed by atoms with Crippen LogP contribution in [0.25, 0.3) is 0 Å². The minimum absolute atomic E-state index is 0.145. The van der Waals surface area contributed by atoms with Crippen molar-refractivity contribution in [1.29, 1.82) is 0 Å². The summed E-state index contributed by atoms with van der Waals surface area (Å²) in [4.78, 5) is 12.2. The van der Waals surface area contributed by atoms with Gasteiger partial charge in [-0.3, -0.25) is 4.79 Å². The number of nitrogens with one attached hydrogen (secondary N) is 1. The van der Waals surface area contributed by atoms with Crippen LogP contribution in [0.4, 0.5) is 0 Å². The van der Waals surface area contributed by atoms with E-state index >= 15 is 0 Å². The molecule has 4 N–H and O–H groups in total. The second kappa shape index (κ2) is 5.02. The molecule has 0 bridgehead atoms. The van der Waals surface area contributed by atoms with Gasteiger partial charge in [-0.1, -0.05) is 25.2 Å².